The van der Waals surface area contributed by atoms with Crippen LogP contribution >= 0.6 is 0 Å². The number of nitrogens with zero attached hydrogens (tertiary/aromatic N) is 3. The summed E-state index contributed by atoms with van der Waals surface area (Å²) in [5.41, 5.74) is 0.0515. The lowest BCUT2D eigenvalue weighted by molar-refractivity contribution is -0.139. The summed E-state index contributed by atoms with van der Waals surface area (Å²) in [5, 5.41) is 2.77. The van der Waals surface area contributed by atoms with Crippen molar-refractivity contribution in [1.29, 1.82) is 0 Å². The van der Waals surface area contributed by atoms with Gasteiger partial charge in [-0.3, -0.25) is 14.5 Å². The third-order valence-corrected chi connectivity index (χ3v) is 8.61. The fraction of sp³-hybridized carbons (Fsp3) is 0.400. The molecule has 10 nitrogen and oxygen atoms in total. The fourth-order valence-corrected chi connectivity index (χ4v) is 6.13. The lowest BCUT2D eigenvalue weighted by atomic mass is 9.87. The highest BCUT2D eigenvalue weighted by Gasteiger charge is 2.52. The summed E-state index contributed by atoms with van der Waals surface area (Å²) in [4.78, 5) is 41.5. The summed E-state index contributed by atoms with van der Waals surface area (Å²) >= 11 is 0. The van der Waals surface area contributed by atoms with Gasteiger partial charge >= 0.3 is 6.03 Å². The molecular weight excluding hydrogens is 484 g/mol. The molecular formula is C25H30N4O6S. The van der Waals surface area contributed by atoms with Crippen LogP contribution in [0.4, 0.5) is 4.79 Å². The summed E-state index contributed by atoms with van der Waals surface area (Å²) in [6.45, 7) is 2.08. The standard InChI is InChI=1S/C25H30N4O6S/c1-3-25(20-9-11-21(35-2)12-10-20)23(31)29(24(32)26-25)17-22(30)27-13-15-28(16-14-27)36(33,34)18-19-7-5-4-6-8-19/h4-12H,3,13-18H2,1-2H3,(H,26,32). The minimum Gasteiger partial charge on any atom is -0.497 e. The third-order valence-electron chi connectivity index (χ3n) is 6.76. The normalized spacial score (nSPS) is 20.9. The maximum Gasteiger partial charge on any atom is 0.325 e. The van der Waals surface area contributed by atoms with Crippen molar-refractivity contribution in [2.75, 3.05) is 39.8 Å². The van der Waals surface area contributed by atoms with Gasteiger partial charge in [0.25, 0.3) is 5.91 Å². The number of urea groups is 1. The first-order valence-corrected chi connectivity index (χ1v) is 13.4. The smallest absolute Gasteiger partial charge is 0.325 e. The Labute approximate surface area is 210 Å². The topological polar surface area (TPSA) is 116 Å². The van der Waals surface area contributed by atoms with Crippen molar-refractivity contribution in [3.63, 3.8) is 0 Å². The Balaban J connectivity index is 1.38. The molecule has 11 heteroatoms. The molecule has 2 aliphatic heterocycles. The van der Waals surface area contributed by atoms with E-state index in [1.165, 1.54) is 9.21 Å². The third kappa shape index (κ3) is 4.93. The van der Waals surface area contributed by atoms with Crippen LogP contribution in [0.3, 0.4) is 0 Å². The van der Waals surface area contributed by atoms with E-state index in [0.717, 1.165) is 4.90 Å². The maximum absolute atomic E-state index is 13.4. The minimum atomic E-state index is -3.52. The Morgan fingerprint density at radius 3 is 2.22 bits per heavy atom. The lowest BCUT2D eigenvalue weighted by Gasteiger charge is -2.34. The molecule has 0 aromatic heterocycles. The number of imide groups is 1. The van der Waals surface area contributed by atoms with Crippen molar-refractivity contribution < 1.29 is 27.5 Å². The Morgan fingerprint density at radius 2 is 1.64 bits per heavy atom. The van der Waals surface area contributed by atoms with E-state index >= 15 is 0 Å². The molecule has 2 heterocycles. The molecule has 2 fully saturated rings. The average molecular weight is 515 g/mol. The SMILES string of the molecule is CCC1(c2ccc(OC)cc2)NC(=O)N(CC(=O)N2CCN(S(=O)(=O)Cc3ccccc3)CC2)C1=O. The summed E-state index contributed by atoms with van der Waals surface area (Å²) < 4.78 is 32.1. The summed E-state index contributed by atoms with van der Waals surface area (Å²) in [6, 6.07) is 15.2. The van der Waals surface area contributed by atoms with Crippen molar-refractivity contribution in [3.05, 3.63) is 65.7 Å². The molecule has 192 valence electrons. The van der Waals surface area contributed by atoms with Gasteiger partial charge in [-0.25, -0.2) is 13.2 Å². The Kier molecular flexibility index (Phi) is 7.32. The monoisotopic (exact) mass is 514 g/mol. The second kappa shape index (κ2) is 10.3. The van der Waals surface area contributed by atoms with Crippen molar-refractivity contribution in [3.8, 4) is 5.75 Å². The summed E-state index contributed by atoms with van der Waals surface area (Å²) in [5.74, 6) is -0.370. The van der Waals surface area contributed by atoms with Crippen LogP contribution in [0.5, 0.6) is 5.75 Å². The molecule has 36 heavy (non-hydrogen) atoms. The van der Waals surface area contributed by atoms with Gasteiger partial charge in [0, 0.05) is 26.2 Å². The van der Waals surface area contributed by atoms with Gasteiger partial charge in [0.15, 0.2) is 0 Å². The average Bonchev–Trinajstić information content (AvgIpc) is 3.14. The van der Waals surface area contributed by atoms with Crippen molar-refractivity contribution >= 4 is 27.9 Å². The number of ether oxygens (including phenoxy) is 1. The van der Waals surface area contributed by atoms with E-state index in [-0.39, 0.29) is 31.9 Å². The molecule has 1 atom stereocenters. The summed E-state index contributed by atoms with van der Waals surface area (Å²) in [6.07, 6.45) is 0.312. The number of carbonyl (C=O) groups is 3. The largest absolute Gasteiger partial charge is 0.497 e. The van der Waals surface area contributed by atoms with Gasteiger partial charge < -0.3 is 15.0 Å². The van der Waals surface area contributed by atoms with E-state index in [9.17, 15) is 22.8 Å². The van der Waals surface area contributed by atoms with Crippen molar-refractivity contribution in [1.82, 2.24) is 19.4 Å². The number of amides is 4. The van der Waals surface area contributed by atoms with E-state index in [1.807, 2.05) is 6.07 Å². The molecule has 0 bridgehead atoms. The number of methoxy groups -OCH3 is 1. The predicted molar refractivity (Wildman–Crippen MR) is 132 cm³/mol. The molecule has 0 aliphatic carbocycles. The molecule has 2 aliphatic rings. The molecule has 2 saturated heterocycles. The van der Waals surface area contributed by atoms with Crippen LogP contribution in [0.2, 0.25) is 0 Å². The lowest BCUT2D eigenvalue weighted by Crippen LogP contribution is -2.53. The highest BCUT2D eigenvalue weighted by molar-refractivity contribution is 7.88. The molecule has 0 saturated carbocycles. The maximum atomic E-state index is 13.4. The number of hydrogen-bond donors (Lipinski definition) is 1. The first-order valence-electron chi connectivity index (χ1n) is 11.8. The number of sulfonamides is 1. The van der Waals surface area contributed by atoms with Crippen LogP contribution in [0.15, 0.2) is 54.6 Å². The van der Waals surface area contributed by atoms with E-state index in [2.05, 4.69) is 5.32 Å². The molecule has 0 radical (unpaired) electrons. The first-order chi connectivity index (χ1) is 17.2. The van der Waals surface area contributed by atoms with Gasteiger partial charge in [-0.1, -0.05) is 49.4 Å². The number of carbonyl (C=O) groups excluding carboxylic acids is 3. The van der Waals surface area contributed by atoms with Gasteiger partial charge in [-0.05, 0) is 29.7 Å². The zero-order chi connectivity index (χ0) is 25.9. The van der Waals surface area contributed by atoms with Crippen LogP contribution in [0.1, 0.15) is 24.5 Å². The first kappa shape index (κ1) is 25.6. The number of nitrogens with one attached hydrogen (secondary N) is 1. The van der Waals surface area contributed by atoms with E-state index in [0.29, 0.717) is 23.3 Å². The molecule has 1 unspecified atom stereocenters. The van der Waals surface area contributed by atoms with Crippen molar-refractivity contribution in [2.24, 2.45) is 0 Å². The van der Waals surface area contributed by atoms with Gasteiger partial charge in [-0.15, -0.1) is 0 Å². The Hall–Kier alpha value is -3.44. The van der Waals surface area contributed by atoms with E-state index in [4.69, 9.17) is 4.74 Å². The van der Waals surface area contributed by atoms with Crippen LogP contribution < -0.4 is 10.1 Å². The van der Waals surface area contributed by atoms with Gasteiger partial charge in [0.05, 0.1) is 12.9 Å². The molecule has 2 aromatic carbocycles. The number of rotatable bonds is 8. The minimum absolute atomic E-state index is 0.102. The quantitative estimate of drug-likeness (QED) is 0.534. The summed E-state index contributed by atoms with van der Waals surface area (Å²) in [7, 11) is -1.98. The second-order valence-electron chi connectivity index (χ2n) is 8.83. The highest BCUT2D eigenvalue weighted by atomic mass is 32.2. The van der Waals surface area contributed by atoms with Crippen LogP contribution in [0.25, 0.3) is 0 Å². The van der Waals surface area contributed by atoms with E-state index in [1.54, 1.807) is 62.6 Å². The molecule has 2 aromatic rings. The van der Waals surface area contributed by atoms with Gasteiger partial charge in [-0.2, -0.15) is 4.31 Å². The van der Waals surface area contributed by atoms with Crippen LogP contribution in [-0.4, -0.2) is 80.2 Å². The van der Waals surface area contributed by atoms with E-state index < -0.39 is 40.0 Å². The fourth-order valence-electron chi connectivity index (χ4n) is 4.61. The van der Waals surface area contributed by atoms with Gasteiger partial charge in [0.1, 0.15) is 17.8 Å². The Morgan fingerprint density at radius 1 is 1.00 bits per heavy atom. The second-order valence-corrected chi connectivity index (χ2v) is 10.8. The number of benzene rings is 2. The zero-order valence-corrected chi connectivity index (χ0v) is 21.2. The predicted octanol–water partition coefficient (Wildman–Crippen LogP) is 1.53. The number of piperazine rings is 1. The van der Waals surface area contributed by atoms with Gasteiger partial charge in [0.2, 0.25) is 15.9 Å². The Bertz CT molecular complexity index is 1230. The molecule has 0 spiro atoms. The molecule has 4 amide bonds. The highest BCUT2D eigenvalue weighted by Crippen LogP contribution is 2.33. The molecule has 4 rings (SSSR count). The van der Waals surface area contributed by atoms with Crippen molar-refractivity contribution in [2.45, 2.75) is 24.6 Å². The van der Waals surface area contributed by atoms with Crippen LogP contribution in [-0.2, 0) is 30.9 Å². The van der Waals surface area contributed by atoms with Crippen LogP contribution in [0, 0.1) is 0 Å². The number of hydrogen-bond acceptors (Lipinski definition) is 6. The zero-order valence-electron chi connectivity index (χ0n) is 20.3. The molecule has 1 N–H and O–H groups in total.